The summed E-state index contributed by atoms with van der Waals surface area (Å²) in [6, 6.07) is 0. The summed E-state index contributed by atoms with van der Waals surface area (Å²) in [5.41, 5.74) is 1.91. The van der Waals surface area contributed by atoms with Gasteiger partial charge in [0.25, 0.3) is 0 Å². The highest BCUT2D eigenvalue weighted by molar-refractivity contribution is 5.99. The second kappa shape index (κ2) is 3.57. The Morgan fingerprint density at radius 3 is 2.94 bits per heavy atom. The summed E-state index contributed by atoms with van der Waals surface area (Å²) in [6.07, 6.45) is 2.76. The summed E-state index contributed by atoms with van der Waals surface area (Å²) in [4.78, 5) is 14.2. The number of amides is 1. The van der Waals surface area contributed by atoms with Gasteiger partial charge in [0.15, 0.2) is 0 Å². The lowest BCUT2D eigenvalue weighted by atomic mass is 9.92. The average molecular weight is 234 g/mol. The third-order valence-corrected chi connectivity index (χ3v) is 3.79. The Hall–Kier alpha value is -1.36. The molecule has 0 atom stereocenters. The predicted octanol–water partition coefficient (Wildman–Crippen LogP) is 0.749. The minimum atomic E-state index is -0.225. The summed E-state index contributed by atoms with van der Waals surface area (Å²) in [7, 11) is 0. The van der Waals surface area contributed by atoms with E-state index in [1.54, 1.807) is 0 Å². The molecular formula is C12H18N4O. The van der Waals surface area contributed by atoms with E-state index in [0.717, 1.165) is 44.0 Å². The third-order valence-electron chi connectivity index (χ3n) is 3.79. The Labute approximate surface area is 101 Å². The molecular weight excluding hydrogens is 216 g/mol. The van der Waals surface area contributed by atoms with Gasteiger partial charge in [0.2, 0.25) is 5.91 Å². The molecule has 0 aliphatic carbocycles. The molecule has 1 amide bonds. The van der Waals surface area contributed by atoms with E-state index in [-0.39, 0.29) is 11.3 Å². The van der Waals surface area contributed by atoms with Crippen molar-refractivity contribution in [3.63, 3.8) is 0 Å². The quantitative estimate of drug-likeness (QED) is 0.780. The number of rotatable bonds is 1. The van der Waals surface area contributed by atoms with E-state index < -0.39 is 0 Å². The van der Waals surface area contributed by atoms with Crippen molar-refractivity contribution >= 4 is 11.6 Å². The molecule has 17 heavy (non-hydrogen) atoms. The van der Waals surface area contributed by atoms with Crippen LogP contribution in [0.4, 0.5) is 5.69 Å². The van der Waals surface area contributed by atoms with Crippen LogP contribution in [-0.2, 0) is 17.9 Å². The third kappa shape index (κ3) is 1.57. The Morgan fingerprint density at radius 1 is 1.41 bits per heavy atom. The molecule has 0 radical (unpaired) electrons. The minimum absolute atomic E-state index is 0.221. The minimum Gasteiger partial charge on any atom is -0.309 e. The zero-order valence-corrected chi connectivity index (χ0v) is 10.4. The number of anilines is 1. The van der Waals surface area contributed by atoms with Crippen LogP contribution in [0.1, 0.15) is 26.0 Å². The molecule has 2 aliphatic heterocycles. The molecule has 2 aliphatic rings. The first-order valence-electron chi connectivity index (χ1n) is 6.17. The lowest BCUT2D eigenvalue weighted by Crippen LogP contribution is -2.34. The maximum atomic E-state index is 12.3. The molecule has 1 N–H and O–H groups in total. The normalized spacial score (nSPS) is 22.9. The van der Waals surface area contributed by atoms with Crippen LogP contribution in [0.15, 0.2) is 6.20 Å². The Morgan fingerprint density at radius 2 is 2.24 bits per heavy atom. The van der Waals surface area contributed by atoms with Gasteiger partial charge in [0.05, 0.1) is 24.1 Å². The largest absolute Gasteiger partial charge is 0.309 e. The molecule has 3 heterocycles. The molecule has 0 unspecified atom stereocenters. The maximum Gasteiger partial charge on any atom is 0.232 e. The summed E-state index contributed by atoms with van der Waals surface area (Å²) < 4.78 is 2.00. The molecule has 0 spiro atoms. The molecule has 5 heteroatoms. The van der Waals surface area contributed by atoms with Crippen molar-refractivity contribution in [2.24, 2.45) is 5.41 Å². The van der Waals surface area contributed by atoms with Gasteiger partial charge in [-0.25, -0.2) is 0 Å². The van der Waals surface area contributed by atoms with Crippen LogP contribution in [0.3, 0.4) is 0 Å². The number of nitrogens with one attached hydrogen (secondary N) is 1. The van der Waals surface area contributed by atoms with E-state index in [1.807, 2.05) is 29.6 Å². The highest BCUT2D eigenvalue weighted by atomic mass is 16.2. The number of carbonyl (C=O) groups is 1. The van der Waals surface area contributed by atoms with Crippen molar-refractivity contribution < 1.29 is 4.79 Å². The predicted molar refractivity (Wildman–Crippen MR) is 64.7 cm³/mol. The number of nitrogens with zero attached hydrogens (tertiary/aromatic N) is 3. The van der Waals surface area contributed by atoms with Gasteiger partial charge in [0.1, 0.15) is 0 Å². The van der Waals surface area contributed by atoms with E-state index >= 15 is 0 Å². The van der Waals surface area contributed by atoms with Crippen molar-refractivity contribution in [2.45, 2.75) is 33.4 Å². The molecule has 1 aromatic heterocycles. The van der Waals surface area contributed by atoms with Gasteiger partial charge in [0, 0.05) is 25.0 Å². The maximum absolute atomic E-state index is 12.3. The van der Waals surface area contributed by atoms with Crippen molar-refractivity contribution in [1.29, 1.82) is 0 Å². The number of hydrogen-bond acceptors (Lipinski definition) is 3. The molecule has 1 fully saturated rings. The number of hydrogen-bond donors (Lipinski definition) is 1. The van der Waals surface area contributed by atoms with Crippen molar-refractivity contribution in [3.8, 4) is 0 Å². The number of carbonyl (C=O) groups excluding carboxylic acids is 1. The first kappa shape index (κ1) is 10.8. The average Bonchev–Trinajstić information content (AvgIpc) is 2.83. The summed E-state index contributed by atoms with van der Waals surface area (Å²) in [5.74, 6) is 0.221. The van der Waals surface area contributed by atoms with Crippen LogP contribution >= 0.6 is 0 Å². The van der Waals surface area contributed by atoms with E-state index in [4.69, 9.17) is 0 Å². The second-order valence-corrected chi connectivity index (χ2v) is 5.47. The summed E-state index contributed by atoms with van der Waals surface area (Å²) >= 11 is 0. The standard InChI is InChI=1S/C12H18N4O/c1-12(2)3-5-15(11(12)17)9-8-14-16-6-4-13-7-10(9)16/h8,13H,3-7H2,1-2H3. The van der Waals surface area contributed by atoms with Crippen LogP contribution in [0.2, 0.25) is 0 Å². The van der Waals surface area contributed by atoms with Crippen molar-refractivity contribution in [3.05, 3.63) is 11.9 Å². The molecule has 1 aromatic rings. The lowest BCUT2D eigenvalue weighted by Gasteiger charge is -2.22. The second-order valence-electron chi connectivity index (χ2n) is 5.47. The topological polar surface area (TPSA) is 50.2 Å². The fraction of sp³-hybridized carbons (Fsp3) is 0.667. The number of aromatic nitrogens is 2. The summed E-state index contributed by atoms with van der Waals surface area (Å²) in [5, 5.41) is 7.69. The number of fused-ring (bicyclic) bond motifs is 1. The zero-order chi connectivity index (χ0) is 12.0. The summed E-state index contributed by atoms with van der Waals surface area (Å²) in [6.45, 7) is 7.49. The fourth-order valence-electron chi connectivity index (χ4n) is 2.59. The van der Waals surface area contributed by atoms with Gasteiger partial charge in [-0.2, -0.15) is 5.10 Å². The van der Waals surface area contributed by atoms with Crippen LogP contribution in [0, 0.1) is 5.41 Å². The van der Waals surface area contributed by atoms with E-state index in [2.05, 4.69) is 10.4 Å². The first-order valence-corrected chi connectivity index (χ1v) is 6.17. The van der Waals surface area contributed by atoms with Gasteiger partial charge < -0.3 is 10.2 Å². The van der Waals surface area contributed by atoms with Gasteiger partial charge in [-0.05, 0) is 6.42 Å². The van der Waals surface area contributed by atoms with Crippen LogP contribution in [-0.4, -0.2) is 28.8 Å². The molecule has 0 saturated carbocycles. The molecule has 1 saturated heterocycles. The highest BCUT2D eigenvalue weighted by Crippen LogP contribution is 2.35. The van der Waals surface area contributed by atoms with Crippen LogP contribution in [0.25, 0.3) is 0 Å². The Kier molecular flexibility index (Phi) is 2.26. The fourth-order valence-corrected chi connectivity index (χ4v) is 2.59. The highest BCUT2D eigenvalue weighted by Gasteiger charge is 2.40. The van der Waals surface area contributed by atoms with Crippen molar-refractivity contribution in [2.75, 3.05) is 18.0 Å². The Balaban J connectivity index is 1.95. The van der Waals surface area contributed by atoms with Gasteiger partial charge in [-0.3, -0.25) is 9.48 Å². The molecule has 3 rings (SSSR count). The molecule has 0 aromatic carbocycles. The monoisotopic (exact) mass is 234 g/mol. The van der Waals surface area contributed by atoms with Gasteiger partial charge in [-0.15, -0.1) is 0 Å². The smallest absolute Gasteiger partial charge is 0.232 e. The van der Waals surface area contributed by atoms with E-state index in [9.17, 15) is 4.79 Å². The lowest BCUT2D eigenvalue weighted by molar-refractivity contribution is -0.123. The van der Waals surface area contributed by atoms with E-state index in [0.29, 0.717) is 0 Å². The van der Waals surface area contributed by atoms with Crippen LogP contribution < -0.4 is 10.2 Å². The van der Waals surface area contributed by atoms with Gasteiger partial charge >= 0.3 is 0 Å². The Bertz CT molecular complexity index is 463. The molecule has 92 valence electrons. The molecule has 0 bridgehead atoms. The van der Waals surface area contributed by atoms with Crippen molar-refractivity contribution in [1.82, 2.24) is 15.1 Å². The first-order chi connectivity index (χ1) is 8.09. The SMILES string of the molecule is CC1(C)CCN(c2cnn3c2CNCC3)C1=O. The van der Waals surface area contributed by atoms with Gasteiger partial charge in [-0.1, -0.05) is 13.8 Å². The zero-order valence-electron chi connectivity index (χ0n) is 10.4. The van der Waals surface area contributed by atoms with E-state index in [1.165, 1.54) is 0 Å². The molecule has 5 nitrogen and oxygen atoms in total. The van der Waals surface area contributed by atoms with Crippen LogP contribution in [0.5, 0.6) is 0 Å².